The van der Waals surface area contributed by atoms with Gasteiger partial charge in [0.2, 0.25) is 5.91 Å². The van der Waals surface area contributed by atoms with E-state index in [-0.39, 0.29) is 0 Å². The van der Waals surface area contributed by atoms with Gasteiger partial charge in [0.15, 0.2) is 5.11 Å². The summed E-state index contributed by atoms with van der Waals surface area (Å²) in [4.78, 5) is 21.3. The molecule has 0 heterocycles. The molecule has 4 N–H and O–H groups in total. The van der Waals surface area contributed by atoms with Crippen LogP contribution in [0.4, 0.5) is 5.69 Å². The highest BCUT2D eigenvalue weighted by Crippen LogP contribution is 2.03. The smallest absolute Gasteiger partial charge is 0.328 e. The first-order valence-corrected chi connectivity index (χ1v) is 6.27. The van der Waals surface area contributed by atoms with Crippen molar-refractivity contribution in [2.24, 2.45) is 0 Å². The second-order valence-electron chi connectivity index (χ2n) is 3.71. The summed E-state index contributed by atoms with van der Waals surface area (Å²) in [5.74, 6) is -1.62. The number of nitrogens with one attached hydrogen (secondary N) is 3. The van der Waals surface area contributed by atoms with Gasteiger partial charge in [-0.2, -0.15) is 0 Å². The van der Waals surface area contributed by atoms with E-state index < -0.39 is 11.9 Å². The SMILES string of the molecule is O=C(O)C=CC(=O)NCCNC(=S)Nc1ccccc1. The number of carboxylic acid groups (broad SMARTS) is 1. The zero-order valence-corrected chi connectivity index (χ0v) is 11.4. The third-order valence-corrected chi connectivity index (χ3v) is 2.37. The molecule has 0 saturated heterocycles. The number of carbonyl (C=O) groups excluding carboxylic acids is 1. The Bertz CT molecular complexity index is 503. The monoisotopic (exact) mass is 293 g/mol. The van der Waals surface area contributed by atoms with Gasteiger partial charge in [-0.25, -0.2) is 4.79 Å². The van der Waals surface area contributed by atoms with E-state index in [1.165, 1.54) is 0 Å². The van der Waals surface area contributed by atoms with Crippen molar-refractivity contribution in [2.45, 2.75) is 0 Å². The summed E-state index contributed by atoms with van der Waals surface area (Å²) in [6.45, 7) is 0.769. The Balaban J connectivity index is 2.16. The number of aliphatic carboxylic acids is 1. The van der Waals surface area contributed by atoms with Crippen molar-refractivity contribution in [2.75, 3.05) is 18.4 Å². The molecule has 1 aromatic rings. The number of rotatable bonds is 6. The molecule has 6 nitrogen and oxygen atoms in total. The van der Waals surface area contributed by atoms with E-state index in [1.807, 2.05) is 30.3 Å². The van der Waals surface area contributed by atoms with Crippen LogP contribution in [-0.2, 0) is 9.59 Å². The summed E-state index contributed by atoms with van der Waals surface area (Å²) in [6.07, 6.45) is 1.74. The van der Waals surface area contributed by atoms with E-state index in [2.05, 4.69) is 16.0 Å². The van der Waals surface area contributed by atoms with Crippen LogP contribution < -0.4 is 16.0 Å². The van der Waals surface area contributed by atoms with E-state index in [1.54, 1.807) is 0 Å². The van der Waals surface area contributed by atoms with Crippen molar-refractivity contribution < 1.29 is 14.7 Å². The van der Waals surface area contributed by atoms with Gasteiger partial charge in [-0.15, -0.1) is 0 Å². The molecule has 0 spiro atoms. The zero-order chi connectivity index (χ0) is 14.8. The molecule has 0 radical (unpaired) electrons. The average Bonchev–Trinajstić information content (AvgIpc) is 2.42. The number of hydrogen-bond donors (Lipinski definition) is 4. The van der Waals surface area contributed by atoms with Gasteiger partial charge >= 0.3 is 5.97 Å². The average molecular weight is 293 g/mol. The van der Waals surface area contributed by atoms with Crippen LogP contribution in [-0.4, -0.2) is 35.2 Å². The van der Waals surface area contributed by atoms with Crippen LogP contribution in [0.3, 0.4) is 0 Å². The maximum Gasteiger partial charge on any atom is 0.328 e. The summed E-state index contributed by atoms with van der Waals surface area (Å²) in [5.41, 5.74) is 0.874. The highest BCUT2D eigenvalue weighted by atomic mass is 32.1. The second-order valence-corrected chi connectivity index (χ2v) is 4.12. The lowest BCUT2D eigenvalue weighted by Crippen LogP contribution is -2.36. The van der Waals surface area contributed by atoms with E-state index in [4.69, 9.17) is 17.3 Å². The predicted octanol–water partition coefficient (Wildman–Crippen LogP) is 0.730. The third-order valence-electron chi connectivity index (χ3n) is 2.12. The molecule has 20 heavy (non-hydrogen) atoms. The standard InChI is InChI=1S/C13H15N3O3S/c17-11(6-7-12(18)19)14-8-9-15-13(20)16-10-4-2-1-3-5-10/h1-7H,8-9H2,(H,14,17)(H,18,19)(H2,15,16,20). The van der Waals surface area contributed by atoms with E-state index in [0.29, 0.717) is 18.2 Å². The summed E-state index contributed by atoms with van der Waals surface area (Å²) in [5, 5.41) is 17.2. The summed E-state index contributed by atoms with van der Waals surface area (Å²) in [6, 6.07) is 9.45. The second kappa shape index (κ2) is 8.65. The molecule has 0 unspecified atom stereocenters. The Kier molecular flexibility index (Phi) is 6.77. The van der Waals surface area contributed by atoms with Gasteiger partial charge in [0.1, 0.15) is 0 Å². The van der Waals surface area contributed by atoms with Crippen LogP contribution >= 0.6 is 12.2 Å². The molecule has 1 amide bonds. The molecule has 106 valence electrons. The maximum absolute atomic E-state index is 11.1. The Morgan fingerprint density at radius 3 is 2.40 bits per heavy atom. The van der Waals surface area contributed by atoms with E-state index in [0.717, 1.165) is 17.8 Å². The minimum atomic E-state index is -1.16. The normalized spacial score (nSPS) is 10.0. The molecule has 0 aliphatic rings. The predicted molar refractivity (Wildman–Crippen MR) is 80.5 cm³/mol. The van der Waals surface area contributed by atoms with Crippen molar-refractivity contribution in [1.82, 2.24) is 10.6 Å². The highest BCUT2D eigenvalue weighted by molar-refractivity contribution is 7.80. The zero-order valence-electron chi connectivity index (χ0n) is 10.6. The van der Waals surface area contributed by atoms with Crippen LogP contribution in [0.15, 0.2) is 42.5 Å². The lowest BCUT2D eigenvalue weighted by molar-refractivity contribution is -0.131. The number of benzene rings is 1. The minimum absolute atomic E-state index is 0.333. The lowest BCUT2D eigenvalue weighted by atomic mass is 10.3. The highest BCUT2D eigenvalue weighted by Gasteiger charge is 1.98. The first-order valence-electron chi connectivity index (χ1n) is 5.86. The van der Waals surface area contributed by atoms with Crippen LogP contribution in [0.25, 0.3) is 0 Å². The van der Waals surface area contributed by atoms with Gasteiger partial charge in [0.25, 0.3) is 0 Å². The molecule has 1 rings (SSSR count). The van der Waals surface area contributed by atoms with Crippen molar-refractivity contribution in [3.63, 3.8) is 0 Å². The van der Waals surface area contributed by atoms with Crippen molar-refractivity contribution >= 4 is 34.9 Å². The molecule has 0 fully saturated rings. The lowest BCUT2D eigenvalue weighted by Gasteiger charge is -2.10. The number of thiocarbonyl (C=S) groups is 1. The first kappa shape index (κ1) is 15.6. The number of hydrogen-bond acceptors (Lipinski definition) is 3. The minimum Gasteiger partial charge on any atom is -0.478 e. The van der Waals surface area contributed by atoms with Crippen molar-refractivity contribution in [1.29, 1.82) is 0 Å². The molecule has 0 atom stereocenters. The Morgan fingerprint density at radius 2 is 1.75 bits per heavy atom. The number of carboxylic acids is 1. The quantitative estimate of drug-likeness (QED) is 0.351. The molecule has 7 heteroatoms. The number of para-hydroxylation sites is 1. The summed E-state index contributed by atoms with van der Waals surface area (Å²) < 4.78 is 0. The number of amides is 1. The number of anilines is 1. The molecule has 0 bridgehead atoms. The summed E-state index contributed by atoms with van der Waals surface area (Å²) in [7, 11) is 0. The molecule has 0 aliphatic carbocycles. The van der Waals surface area contributed by atoms with Gasteiger partial charge in [0.05, 0.1) is 0 Å². The van der Waals surface area contributed by atoms with Crippen LogP contribution in [0.5, 0.6) is 0 Å². The maximum atomic E-state index is 11.1. The van der Waals surface area contributed by atoms with Gasteiger partial charge < -0.3 is 21.1 Å². The van der Waals surface area contributed by atoms with Crippen LogP contribution in [0.2, 0.25) is 0 Å². The van der Waals surface area contributed by atoms with Gasteiger partial charge in [-0.1, -0.05) is 18.2 Å². The first-order chi connectivity index (χ1) is 9.58. The van der Waals surface area contributed by atoms with Gasteiger partial charge in [0, 0.05) is 30.9 Å². The fraction of sp³-hybridized carbons (Fsp3) is 0.154. The van der Waals surface area contributed by atoms with Crippen molar-refractivity contribution in [3.05, 3.63) is 42.5 Å². The fourth-order valence-electron chi connectivity index (χ4n) is 1.26. The largest absolute Gasteiger partial charge is 0.478 e. The Labute approximate surface area is 121 Å². The van der Waals surface area contributed by atoms with E-state index >= 15 is 0 Å². The molecular formula is C13H15N3O3S. The number of carbonyl (C=O) groups is 2. The molecule has 0 aliphatic heterocycles. The molecule has 0 saturated carbocycles. The topological polar surface area (TPSA) is 90.5 Å². The van der Waals surface area contributed by atoms with Crippen molar-refractivity contribution in [3.8, 4) is 0 Å². The van der Waals surface area contributed by atoms with Gasteiger partial charge in [-0.3, -0.25) is 4.79 Å². The van der Waals surface area contributed by atoms with E-state index in [9.17, 15) is 9.59 Å². The molecule has 1 aromatic carbocycles. The third kappa shape index (κ3) is 7.12. The van der Waals surface area contributed by atoms with Crippen LogP contribution in [0.1, 0.15) is 0 Å². The molecular weight excluding hydrogens is 278 g/mol. The Hall–Kier alpha value is -2.41. The molecule has 0 aromatic heterocycles. The Morgan fingerprint density at radius 1 is 1.10 bits per heavy atom. The fourth-order valence-corrected chi connectivity index (χ4v) is 1.48. The summed E-state index contributed by atoms with van der Waals surface area (Å²) >= 11 is 5.07. The van der Waals surface area contributed by atoms with Crippen LogP contribution in [0, 0.1) is 0 Å². The van der Waals surface area contributed by atoms with Gasteiger partial charge in [-0.05, 0) is 24.4 Å².